The predicted molar refractivity (Wildman–Crippen MR) is 51.1 cm³/mol. The monoisotopic (exact) mass is 211 g/mol. The van der Waals surface area contributed by atoms with Gasteiger partial charge >= 0.3 is 11.7 Å². The zero-order valence-corrected chi connectivity index (χ0v) is 7.93. The van der Waals surface area contributed by atoms with Gasteiger partial charge in [-0.25, -0.2) is 4.79 Å². The second-order valence-corrected chi connectivity index (χ2v) is 2.93. The van der Waals surface area contributed by atoms with Crippen molar-refractivity contribution in [2.75, 3.05) is 0 Å². The van der Waals surface area contributed by atoms with Crippen LogP contribution in [0.2, 0.25) is 0 Å². The van der Waals surface area contributed by atoms with E-state index in [4.69, 9.17) is 5.11 Å². The summed E-state index contributed by atoms with van der Waals surface area (Å²) in [5, 5.41) is 28.6. The largest absolute Gasteiger partial charge is 0.501 e. The van der Waals surface area contributed by atoms with Gasteiger partial charge < -0.3 is 10.2 Å². The summed E-state index contributed by atoms with van der Waals surface area (Å²) in [6.07, 6.45) is 0.460. The first-order valence-corrected chi connectivity index (χ1v) is 4.21. The second-order valence-electron chi connectivity index (χ2n) is 2.93. The number of aryl methyl sites for hydroxylation is 1. The number of hydrogen-bond donors (Lipinski definition) is 2. The minimum Gasteiger partial charge on any atom is -0.501 e. The molecule has 0 saturated carbocycles. The number of benzene rings is 1. The van der Waals surface area contributed by atoms with Crippen LogP contribution in [0.4, 0.5) is 5.69 Å². The molecule has 0 saturated heterocycles. The molecule has 80 valence electrons. The number of aromatic carboxylic acids is 1. The Morgan fingerprint density at radius 3 is 2.53 bits per heavy atom. The summed E-state index contributed by atoms with van der Waals surface area (Å²) in [5.41, 5.74) is -0.523. The lowest BCUT2D eigenvalue weighted by Gasteiger charge is -2.03. The van der Waals surface area contributed by atoms with Gasteiger partial charge in [-0.3, -0.25) is 10.1 Å². The van der Waals surface area contributed by atoms with Gasteiger partial charge in [-0.05, 0) is 18.1 Å². The summed E-state index contributed by atoms with van der Waals surface area (Å²) in [4.78, 5) is 20.4. The number of carbonyl (C=O) groups is 1. The maximum Gasteiger partial charge on any atom is 0.339 e. The van der Waals surface area contributed by atoms with Crippen molar-refractivity contribution >= 4 is 11.7 Å². The molecule has 6 nitrogen and oxygen atoms in total. The molecule has 0 heterocycles. The topological polar surface area (TPSA) is 101 Å². The Morgan fingerprint density at radius 2 is 2.13 bits per heavy atom. The molecule has 0 aliphatic heterocycles. The average Bonchev–Trinajstić information content (AvgIpc) is 2.17. The number of aromatic hydroxyl groups is 1. The van der Waals surface area contributed by atoms with Crippen LogP contribution in [0.25, 0.3) is 0 Å². The van der Waals surface area contributed by atoms with E-state index in [9.17, 15) is 20.0 Å². The Kier molecular flexibility index (Phi) is 2.89. The van der Waals surface area contributed by atoms with Crippen molar-refractivity contribution in [3.8, 4) is 5.75 Å². The highest BCUT2D eigenvalue weighted by atomic mass is 16.6. The van der Waals surface area contributed by atoms with Gasteiger partial charge in [0.25, 0.3) is 0 Å². The lowest BCUT2D eigenvalue weighted by molar-refractivity contribution is -0.386. The molecule has 1 rings (SSSR count). The molecule has 6 heteroatoms. The van der Waals surface area contributed by atoms with Gasteiger partial charge in [-0.2, -0.15) is 0 Å². The van der Waals surface area contributed by atoms with Gasteiger partial charge in [0.1, 0.15) is 5.56 Å². The molecular weight excluding hydrogens is 202 g/mol. The molecule has 0 bridgehead atoms. The Hall–Kier alpha value is -2.11. The van der Waals surface area contributed by atoms with Gasteiger partial charge in [0.2, 0.25) is 5.75 Å². The van der Waals surface area contributed by atoms with Crippen LogP contribution in [0.5, 0.6) is 5.75 Å². The summed E-state index contributed by atoms with van der Waals surface area (Å²) in [6.45, 7) is 1.74. The smallest absolute Gasteiger partial charge is 0.339 e. The lowest BCUT2D eigenvalue weighted by atomic mass is 10.1. The molecule has 2 N–H and O–H groups in total. The van der Waals surface area contributed by atoms with E-state index in [2.05, 4.69) is 0 Å². The van der Waals surface area contributed by atoms with E-state index in [0.717, 1.165) is 0 Å². The molecule has 0 radical (unpaired) electrons. The summed E-state index contributed by atoms with van der Waals surface area (Å²) in [6, 6.07) is 2.40. The lowest BCUT2D eigenvalue weighted by Crippen LogP contribution is -2.01. The highest BCUT2D eigenvalue weighted by Gasteiger charge is 2.22. The molecule has 0 amide bonds. The zero-order chi connectivity index (χ0) is 11.6. The Labute approximate surface area is 84.9 Å². The first-order chi connectivity index (χ1) is 6.97. The van der Waals surface area contributed by atoms with Crippen molar-refractivity contribution in [1.29, 1.82) is 0 Å². The molecule has 1 aromatic carbocycles. The van der Waals surface area contributed by atoms with Gasteiger partial charge in [-0.15, -0.1) is 0 Å². The van der Waals surface area contributed by atoms with Crippen molar-refractivity contribution in [1.82, 2.24) is 0 Å². The predicted octanol–water partition coefficient (Wildman–Crippen LogP) is 1.56. The van der Waals surface area contributed by atoms with E-state index in [1.165, 1.54) is 12.1 Å². The maximum atomic E-state index is 10.7. The third-order valence-corrected chi connectivity index (χ3v) is 1.98. The molecule has 0 atom stereocenters. The van der Waals surface area contributed by atoms with Crippen LogP contribution in [0.3, 0.4) is 0 Å². The number of phenols is 1. The van der Waals surface area contributed by atoms with E-state index in [-0.39, 0.29) is 0 Å². The summed E-state index contributed by atoms with van der Waals surface area (Å²) in [5.74, 6) is -2.18. The van der Waals surface area contributed by atoms with Crippen molar-refractivity contribution < 1.29 is 19.9 Å². The third kappa shape index (κ3) is 2.04. The number of carboxylic acids is 1. The van der Waals surface area contributed by atoms with Crippen molar-refractivity contribution in [3.63, 3.8) is 0 Å². The van der Waals surface area contributed by atoms with E-state index >= 15 is 0 Å². The first-order valence-electron chi connectivity index (χ1n) is 4.21. The fourth-order valence-electron chi connectivity index (χ4n) is 1.18. The van der Waals surface area contributed by atoms with E-state index in [0.29, 0.717) is 12.0 Å². The fourth-order valence-corrected chi connectivity index (χ4v) is 1.18. The SMILES string of the molecule is CCc1cc(C(=O)O)c(O)c([N+](=O)[O-])c1. The molecule has 0 aromatic heterocycles. The van der Waals surface area contributed by atoms with Gasteiger partial charge in [0.05, 0.1) is 4.92 Å². The first kappa shape index (κ1) is 11.0. The highest BCUT2D eigenvalue weighted by molar-refractivity contribution is 5.92. The van der Waals surface area contributed by atoms with Crippen LogP contribution in [0.15, 0.2) is 12.1 Å². The molecular formula is C9H9NO5. The normalized spacial score (nSPS) is 9.93. The number of carboxylic acid groups (broad SMARTS) is 1. The van der Waals surface area contributed by atoms with Crippen LogP contribution in [0, 0.1) is 10.1 Å². The standard InChI is InChI=1S/C9H9NO5/c1-2-5-3-6(9(12)13)8(11)7(4-5)10(14)15/h3-4,11H,2H2,1H3,(H,12,13). The van der Waals surface area contributed by atoms with E-state index < -0.39 is 27.9 Å². The van der Waals surface area contributed by atoms with Crippen molar-refractivity contribution in [2.45, 2.75) is 13.3 Å². The molecule has 1 aromatic rings. The van der Waals surface area contributed by atoms with Gasteiger partial charge in [0, 0.05) is 6.07 Å². The zero-order valence-electron chi connectivity index (χ0n) is 7.93. The number of hydrogen-bond acceptors (Lipinski definition) is 4. The highest BCUT2D eigenvalue weighted by Crippen LogP contribution is 2.31. The minimum absolute atomic E-state index is 0.443. The minimum atomic E-state index is -1.38. The average molecular weight is 211 g/mol. The maximum absolute atomic E-state index is 10.7. The van der Waals surface area contributed by atoms with Crippen LogP contribution in [0.1, 0.15) is 22.8 Å². The van der Waals surface area contributed by atoms with Gasteiger partial charge in [-0.1, -0.05) is 6.92 Å². The summed E-state index contributed by atoms with van der Waals surface area (Å²) < 4.78 is 0. The van der Waals surface area contributed by atoms with Crippen molar-refractivity contribution in [2.24, 2.45) is 0 Å². The van der Waals surface area contributed by atoms with E-state index in [1.807, 2.05) is 0 Å². The number of nitrogens with zero attached hydrogens (tertiary/aromatic N) is 1. The summed E-state index contributed by atoms with van der Waals surface area (Å²) >= 11 is 0. The fraction of sp³-hybridized carbons (Fsp3) is 0.222. The van der Waals surface area contributed by atoms with Crippen molar-refractivity contribution in [3.05, 3.63) is 33.4 Å². The molecule has 0 aliphatic rings. The van der Waals surface area contributed by atoms with Crippen LogP contribution >= 0.6 is 0 Å². The molecule has 15 heavy (non-hydrogen) atoms. The second kappa shape index (κ2) is 3.95. The number of rotatable bonds is 3. The van der Waals surface area contributed by atoms with Gasteiger partial charge in [0.15, 0.2) is 0 Å². The number of nitro benzene ring substituents is 1. The van der Waals surface area contributed by atoms with Crippen LogP contribution in [-0.2, 0) is 6.42 Å². The summed E-state index contributed by atoms with van der Waals surface area (Å²) in [7, 11) is 0. The Balaban J connectivity index is 3.47. The molecule has 0 aliphatic carbocycles. The number of nitro groups is 1. The van der Waals surface area contributed by atoms with Crippen LogP contribution < -0.4 is 0 Å². The third-order valence-electron chi connectivity index (χ3n) is 1.98. The van der Waals surface area contributed by atoms with Crippen LogP contribution in [-0.4, -0.2) is 21.1 Å². The Bertz CT molecular complexity index is 392. The quantitative estimate of drug-likeness (QED) is 0.583. The Morgan fingerprint density at radius 1 is 1.53 bits per heavy atom. The molecule has 0 fully saturated rings. The molecule has 0 spiro atoms. The van der Waals surface area contributed by atoms with E-state index in [1.54, 1.807) is 6.92 Å². The molecule has 0 unspecified atom stereocenters.